The van der Waals surface area contributed by atoms with Crippen molar-refractivity contribution in [2.75, 3.05) is 6.26 Å². The molecule has 1 saturated carbocycles. The summed E-state index contributed by atoms with van der Waals surface area (Å²) < 4.78 is 49.7. The molecule has 1 aromatic carbocycles. The minimum Gasteiger partial charge on any atom is -0.273 e. The molecule has 8 heteroatoms. The van der Waals surface area contributed by atoms with E-state index in [1.807, 2.05) is 0 Å². The summed E-state index contributed by atoms with van der Waals surface area (Å²) in [4.78, 5) is 11.9. The predicted octanol–water partition coefficient (Wildman–Crippen LogP) is 1.48. The standard InChI is InChI=1S/C14H19NO5S2/c1-14(8-3-4-9-14)13(16)15-22(19,20)12-7-5-6-11(10-12)21(2,17)18/h5-7,10H,3-4,8-9H2,1-2H3,(H,15,16). The average molecular weight is 345 g/mol. The number of amides is 1. The van der Waals surface area contributed by atoms with Crippen LogP contribution in [0.3, 0.4) is 0 Å². The van der Waals surface area contributed by atoms with Gasteiger partial charge in [0, 0.05) is 11.7 Å². The van der Waals surface area contributed by atoms with E-state index >= 15 is 0 Å². The molecule has 1 N–H and O–H groups in total. The molecule has 6 nitrogen and oxygen atoms in total. The van der Waals surface area contributed by atoms with Gasteiger partial charge in [-0.05, 0) is 31.0 Å². The van der Waals surface area contributed by atoms with Gasteiger partial charge in [0.15, 0.2) is 9.84 Å². The van der Waals surface area contributed by atoms with E-state index < -0.39 is 31.2 Å². The molecule has 2 rings (SSSR count). The summed E-state index contributed by atoms with van der Waals surface area (Å²) in [5.74, 6) is -0.533. The first-order chi connectivity index (χ1) is 10.0. The molecule has 22 heavy (non-hydrogen) atoms. The average Bonchev–Trinajstić information content (AvgIpc) is 2.86. The first-order valence-corrected chi connectivity index (χ1v) is 10.3. The molecule has 0 spiro atoms. The van der Waals surface area contributed by atoms with E-state index in [0.717, 1.165) is 25.2 Å². The number of hydrogen-bond acceptors (Lipinski definition) is 5. The van der Waals surface area contributed by atoms with Crippen LogP contribution in [-0.4, -0.2) is 29.0 Å². The Morgan fingerprint density at radius 1 is 1.09 bits per heavy atom. The summed E-state index contributed by atoms with van der Waals surface area (Å²) in [7, 11) is -7.60. The zero-order valence-electron chi connectivity index (χ0n) is 12.5. The predicted molar refractivity (Wildman–Crippen MR) is 81.5 cm³/mol. The van der Waals surface area contributed by atoms with Crippen LogP contribution >= 0.6 is 0 Å². The minimum absolute atomic E-state index is 0.102. The fourth-order valence-electron chi connectivity index (χ4n) is 2.56. The fraction of sp³-hybridized carbons (Fsp3) is 0.500. The van der Waals surface area contributed by atoms with Gasteiger partial charge in [-0.25, -0.2) is 21.6 Å². The molecule has 1 aromatic rings. The molecule has 1 amide bonds. The van der Waals surface area contributed by atoms with Crippen molar-refractivity contribution in [2.24, 2.45) is 5.41 Å². The Labute approximate surface area is 130 Å². The number of rotatable bonds is 4. The maximum atomic E-state index is 12.3. The second-order valence-corrected chi connectivity index (χ2v) is 9.65. The van der Waals surface area contributed by atoms with Crippen LogP contribution in [0, 0.1) is 5.41 Å². The summed E-state index contributed by atoms with van der Waals surface area (Å²) in [6.45, 7) is 1.75. The van der Waals surface area contributed by atoms with Crippen molar-refractivity contribution < 1.29 is 21.6 Å². The number of sulfone groups is 1. The number of hydrogen-bond donors (Lipinski definition) is 1. The largest absolute Gasteiger partial charge is 0.273 e. The highest BCUT2D eigenvalue weighted by molar-refractivity contribution is 7.91. The van der Waals surface area contributed by atoms with E-state index in [9.17, 15) is 21.6 Å². The van der Waals surface area contributed by atoms with E-state index in [-0.39, 0.29) is 9.79 Å². The van der Waals surface area contributed by atoms with Crippen LogP contribution < -0.4 is 4.72 Å². The van der Waals surface area contributed by atoms with E-state index in [4.69, 9.17) is 0 Å². The highest BCUT2D eigenvalue weighted by Crippen LogP contribution is 2.37. The third kappa shape index (κ3) is 3.49. The van der Waals surface area contributed by atoms with Crippen molar-refractivity contribution in [2.45, 2.75) is 42.4 Å². The minimum atomic E-state index is -4.08. The van der Waals surface area contributed by atoms with Crippen LogP contribution in [0.5, 0.6) is 0 Å². The first kappa shape index (κ1) is 17.0. The Bertz CT molecular complexity index is 790. The molecular weight excluding hydrogens is 326 g/mol. The van der Waals surface area contributed by atoms with Gasteiger partial charge < -0.3 is 0 Å². The maximum absolute atomic E-state index is 12.3. The smallest absolute Gasteiger partial charge is 0.264 e. The van der Waals surface area contributed by atoms with Crippen molar-refractivity contribution in [1.29, 1.82) is 0 Å². The normalized spacial score (nSPS) is 18.1. The van der Waals surface area contributed by atoms with Crippen molar-refractivity contribution in [3.05, 3.63) is 24.3 Å². The second-order valence-electron chi connectivity index (χ2n) is 5.95. The van der Waals surface area contributed by atoms with Gasteiger partial charge >= 0.3 is 0 Å². The second kappa shape index (κ2) is 5.66. The van der Waals surface area contributed by atoms with Crippen LogP contribution in [0.2, 0.25) is 0 Å². The van der Waals surface area contributed by atoms with Crippen LogP contribution in [0.1, 0.15) is 32.6 Å². The topological polar surface area (TPSA) is 97.4 Å². The van der Waals surface area contributed by atoms with Gasteiger partial charge in [0.05, 0.1) is 9.79 Å². The monoisotopic (exact) mass is 345 g/mol. The van der Waals surface area contributed by atoms with Gasteiger partial charge in [0.1, 0.15) is 0 Å². The number of carbonyl (C=O) groups is 1. The Morgan fingerprint density at radius 3 is 2.18 bits per heavy atom. The fourth-order valence-corrected chi connectivity index (χ4v) is 4.45. The molecule has 0 bridgehead atoms. The first-order valence-electron chi connectivity index (χ1n) is 6.92. The molecule has 0 heterocycles. The van der Waals surface area contributed by atoms with Gasteiger partial charge in [-0.15, -0.1) is 0 Å². The summed E-state index contributed by atoms with van der Waals surface area (Å²) in [5.41, 5.74) is -0.679. The molecule has 0 aromatic heterocycles. The van der Waals surface area contributed by atoms with Crippen LogP contribution in [0.25, 0.3) is 0 Å². The number of carbonyl (C=O) groups excluding carboxylic acids is 1. The third-order valence-corrected chi connectivity index (χ3v) is 6.47. The lowest BCUT2D eigenvalue weighted by atomic mass is 9.88. The van der Waals surface area contributed by atoms with Crippen molar-refractivity contribution in [1.82, 2.24) is 4.72 Å². The third-order valence-electron chi connectivity index (χ3n) is 4.03. The maximum Gasteiger partial charge on any atom is 0.264 e. The molecule has 0 saturated heterocycles. The highest BCUT2D eigenvalue weighted by atomic mass is 32.2. The number of sulfonamides is 1. The quantitative estimate of drug-likeness (QED) is 0.891. The molecular formula is C14H19NO5S2. The lowest BCUT2D eigenvalue weighted by Gasteiger charge is -2.22. The lowest BCUT2D eigenvalue weighted by molar-refractivity contribution is -0.127. The van der Waals surface area contributed by atoms with Crippen LogP contribution in [0.15, 0.2) is 34.1 Å². The van der Waals surface area contributed by atoms with Crippen molar-refractivity contribution in [3.63, 3.8) is 0 Å². The molecule has 0 atom stereocenters. The van der Waals surface area contributed by atoms with Crippen LogP contribution in [0.4, 0.5) is 0 Å². The Balaban J connectivity index is 2.30. The molecule has 0 aliphatic heterocycles. The zero-order chi connectivity index (χ0) is 16.6. The summed E-state index contributed by atoms with van der Waals surface area (Å²) in [5, 5.41) is 0. The summed E-state index contributed by atoms with van der Waals surface area (Å²) >= 11 is 0. The zero-order valence-corrected chi connectivity index (χ0v) is 14.1. The van der Waals surface area contributed by atoms with Crippen LogP contribution in [-0.2, 0) is 24.7 Å². The molecule has 1 aliphatic carbocycles. The Kier molecular flexibility index (Phi) is 4.36. The lowest BCUT2D eigenvalue weighted by Crippen LogP contribution is -2.40. The van der Waals surface area contributed by atoms with Crippen molar-refractivity contribution >= 4 is 25.8 Å². The van der Waals surface area contributed by atoms with Gasteiger partial charge in [-0.3, -0.25) is 4.79 Å². The Morgan fingerprint density at radius 2 is 1.64 bits per heavy atom. The summed E-state index contributed by atoms with van der Waals surface area (Å²) in [6, 6.07) is 4.98. The molecule has 1 fully saturated rings. The van der Waals surface area contributed by atoms with Gasteiger partial charge in [0.25, 0.3) is 10.0 Å². The Hall–Kier alpha value is -1.41. The highest BCUT2D eigenvalue weighted by Gasteiger charge is 2.38. The van der Waals surface area contributed by atoms with E-state index in [0.29, 0.717) is 12.8 Å². The molecule has 0 unspecified atom stereocenters. The number of benzene rings is 1. The van der Waals surface area contributed by atoms with Gasteiger partial charge in [-0.1, -0.05) is 25.8 Å². The molecule has 0 radical (unpaired) electrons. The van der Waals surface area contributed by atoms with Gasteiger partial charge in [-0.2, -0.15) is 0 Å². The molecule has 1 aliphatic rings. The van der Waals surface area contributed by atoms with E-state index in [1.54, 1.807) is 6.92 Å². The molecule has 122 valence electrons. The van der Waals surface area contributed by atoms with E-state index in [2.05, 4.69) is 4.72 Å². The summed E-state index contributed by atoms with van der Waals surface area (Å²) in [6.07, 6.45) is 4.09. The van der Waals surface area contributed by atoms with Crippen molar-refractivity contribution in [3.8, 4) is 0 Å². The SMILES string of the molecule is CC1(C(=O)NS(=O)(=O)c2cccc(S(C)(=O)=O)c2)CCCC1. The number of nitrogens with one attached hydrogen (secondary N) is 1. The van der Waals surface area contributed by atoms with E-state index in [1.165, 1.54) is 18.2 Å². The van der Waals surface area contributed by atoms with Gasteiger partial charge in [0.2, 0.25) is 5.91 Å².